The second-order valence-corrected chi connectivity index (χ2v) is 6.25. The van der Waals surface area contributed by atoms with E-state index in [0.29, 0.717) is 6.04 Å². The number of hydrogen-bond acceptors (Lipinski definition) is 2. The van der Waals surface area contributed by atoms with Gasteiger partial charge in [-0.25, -0.2) is 0 Å². The van der Waals surface area contributed by atoms with E-state index in [0.717, 1.165) is 22.5 Å². The highest BCUT2D eigenvalue weighted by molar-refractivity contribution is 9.10. The molecule has 1 aliphatic heterocycles. The smallest absolute Gasteiger partial charge is 0.159 e. The molecule has 1 aliphatic rings. The molecule has 1 saturated heterocycles. The molecule has 2 unspecified atom stereocenters. The highest BCUT2D eigenvalue weighted by atomic mass is 79.9. The van der Waals surface area contributed by atoms with E-state index in [-0.39, 0.29) is 5.78 Å². The lowest BCUT2D eigenvalue weighted by Gasteiger charge is -2.38. The molecule has 1 aromatic carbocycles. The fourth-order valence-electron chi connectivity index (χ4n) is 2.72. The Kier molecular flexibility index (Phi) is 4.10. The predicted octanol–water partition coefficient (Wildman–Crippen LogP) is 4.28. The summed E-state index contributed by atoms with van der Waals surface area (Å²) >= 11 is 3.60. The lowest BCUT2D eigenvalue weighted by molar-refractivity contribution is 0.101. The molecule has 0 N–H and O–H groups in total. The van der Waals surface area contributed by atoms with Crippen LogP contribution in [0.2, 0.25) is 0 Å². The molecular weight excluding hydrogens is 290 g/mol. The molecule has 1 fully saturated rings. The zero-order chi connectivity index (χ0) is 13.3. The van der Waals surface area contributed by atoms with Crippen molar-refractivity contribution < 1.29 is 4.79 Å². The highest BCUT2D eigenvalue weighted by Crippen LogP contribution is 2.33. The molecule has 1 heterocycles. The highest BCUT2D eigenvalue weighted by Gasteiger charge is 2.24. The Morgan fingerprint density at radius 2 is 2.11 bits per heavy atom. The van der Waals surface area contributed by atoms with Gasteiger partial charge in [-0.3, -0.25) is 4.79 Å². The van der Waals surface area contributed by atoms with E-state index in [1.807, 2.05) is 12.1 Å². The number of ketones is 1. The van der Waals surface area contributed by atoms with E-state index in [2.05, 4.69) is 40.7 Å². The van der Waals surface area contributed by atoms with Crippen molar-refractivity contribution in [3.8, 4) is 0 Å². The van der Waals surface area contributed by atoms with Crippen molar-refractivity contribution in [2.24, 2.45) is 5.92 Å². The van der Waals surface area contributed by atoms with E-state index in [1.54, 1.807) is 6.92 Å². The number of Topliss-reactive ketones (excluding diaryl/α,β-unsaturated/α-hetero) is 1. The Morgan fingerprint density at radius 3 is 2.67 bits per heavy atom. The lowest BCUT2D eigenvalue weighted by Crippen LogP contribution is -2.40. The Morgan fingerprint density at radius 1 is 1.39 bits per heavy atom. The monoisotopic (exact) mass is 309 g/mol. The molecule has 18 heavy (non-hydrogen) atoms. The number of carbonyl (C=O) groups is 1. The van der Waals surface area contributed by atoms with Crippen LogP contribution in [0.3, 0.4) is 0 Å². The molecule has 0 spiro atoms. The van der Waals surface area contributed by atoms with Gasteiger partial charge in [0.2, 0.25) is 0 Å². The maximum atomic E-state index is 11.4. The molecule has 1 aromatic rings. The summed E-state index contributed by atoms with van der Waals surface area (Å²) in [7, 11) is 0. The summed E-state index contributed by atoms with van der Waals surface area (Å²) in [5, 5.41) is 0. The Hall–Kier alpha value is -0.830. The molecule has 2 atom stereocenters. The molecule has 0 radical (unpaired) electrons. The van der Waals surface area contributed by atoms with Crippen LogP contribution in [0.15, 0.2) is 22.7 Å². The second-order valence-electron chi connectivity index (χ2n) is 5.39. The van der Waals surface area contributed by atoms with Gasteiger partial charge in [0.25, 0.3) is 0 Å². The molecule has 3 heteroatoms. The van der Waals surface area contributed by atoms with Crippen LogP contribution >= 0.6 is 15.9 Å². The van der Waals surface area contributed by atoms with Crippen LogP contribution in [0, 0.1) is 5.92 Å². The van der Waals surface area contributed by atoms with Crippen molar-refractivity contribution >= 4 is 27.4 Å². The minimum absolute atomic E-state index is 0.113. The first-order valence-corrected chi connectivity index (χ1v) is 7.35. The summed E-state index contributed by atoms with van der Waals surface area (Å²) in [6, 6.07) is 6.48. The third kappa shape index (κ3) is 2.77. The quantitative estimate of drug-likeness (QED) is 0.760. The minimum Gasteiger partial charge on any atom is -0.368 e. The van der Waals surface area contributed by atoms with Gasteiger partial charge in [0.05, 0.1) is 5.69 Å². The van der Waals surface area contributed by atoms with Gasteiger partial charge in [-0.2, -0.15) is 0 Å². The summed E-state index contributed by atoms with van der Waals surface area (Å²) in [5.41, 5.74) is 1.98. The van der Waals surface area contributed by atoms with Crippen LogP contribution in [0.4, 0.5) is 5.69 Å². The van der Waals surface area contributed by atoms with Crippen molar-refractivity contribution in [2.45, 2.75) is 39.7 Å². The van der Waals surface area contributed by atoms with Gasteiger partial charge in [-0.15, -0.1) is 0 Å². The zero-order valence-electron chi connectivity index (χ0n) is 11.2. The number of anilines is 1. The first-order valence-electron chi connectivity index (χ1n) is 6.56. The maximum absolute atomic E-state index is 11.4. The van der Waals surface area contributed by atoms with Crippen LogP contribution in [0.5, 0.6) is 0 Å². The van der Waals surface area contributed by atoms with Crippen molar-refractivity contribution in [1.82, 2.24) is 0 Å². The second kappa shape index (κ2) is 5.43. The largest absolute Gasteiger partial charge is 0.368 e. The predicted molar refractivity (Wildman–Crippen MR) is 79.4 cm³/mol. The third-order valence-electron chi connectivity index (χ3n) is 3.80. The standard InChI is InChI=1S/C15H20BrNO/c1-10-6-7-17(11(2)8-10)15-5-4-13(12(3)18)9-14(15)16/h4-5,9-11H,6-8H2,1-3H3. The fraction of sp³-hybridized carbons (Fsp3) is 0.533. The summed E-state index contributed by atoms with van der Waals surface area (Å²) in [6.07, 6.45) is 2.48. The van der Waals surface area contributed by atoms with Crippen molar-refractivity contribution in [2.75, 3.05) is 11.4 Å². The molecule has 2 nitrogen and oxygen atoms in total. The van der Waals surface area contributed by atoms with Gasteiger partial charge >= 0.3 is 0 Å². The molecular formula is C15H20BrNO. The van der Waals surface area contributed by atoms with E-state index < -0.39 is 0 Å². The molecule has 98 valence electrons. The summed E-state index contributed by atoms with van der Waals surface area (Å²) < 4.78 is 1.02. The van der Waals surface area contributed by atoms with Crippen LogP contribution in [0.25, 0.3) is 0 Å². The van der Waals surface area contributed by atoms with Gasteiger partial charge in [-0.05, 0) is 66.7 Å². The van der Waals surface area contributed by atoms with Crippen LogP contribution in [-0.4, -0.2) is 18.4 Å². The number of benzene rings is 1. The molecule has 2 rings (SSSR count). The summed E-state index contributed by atoms with van der Waals surface area (Å²) in [6.45, 7) is 7.30. The molecule has 0 saturated carbocycles. The van der Waals surface area contributed by atoms with Crippen LogP contribution in [-0.2, 0) is 0 Å². The average Bonchev–Trinajstić information content (AvgIpc) is 2.30. The molecule has 0 aliphatic carbocycles. The van der Waals surface area contributed by atoms with Gasteiger partial charge in [-0.1, -0.05) is 6.92 Å². The van der Waals surface area contributed by atoms with Gasteiger partial charge in [0, 0.05) is 22.6 Å². The average molecular weight is 310 g/mol. The van der Waals surface area contributed by atoms with E-state index >= 15 is 0 Å². The number of carbonyl (C=O) groups excluding carboxylic acids is 1. The first-order chi connectivity index (χ1) is 8.49. The van der Waals surface area contributed by atoms with Crippen molar-refractivity contribution in [3.05, 3.63) is 28.2 Å². The Labute approximate surface area is 117 Å². The maximum Gasteiger partial charge on any atom is 0.159 e. The number of piperidine rings is 1. The number of hydrogen-bond donors (Lipinski definition) is 0. The lowest BCUT2D eigenvalue weighted by atomic mass is 9.93. The van der Waals surface area contributed by atoms with Crippen molar-refractivity contribution in [3.63, 3.8) is 0 Å². The topological polar surface area (TPSA) is 20.3 Å². The Balaban J connectivity index is 2.26. The number of halogens is 1. The van der Waals surface area contributed by atoms with E-state index in [9.17, 15) is 4.79 Å². The van der Waals surface area contributed by atoms with Crippen LogP contribution < -0.4 is 4.90 Å². The molecule has 0 bridgehead atoms. The van der Waals surface area contributed by atoms with Gasteiger partial charge in [0.1, 0.15) is 0 Å². The molecule has 0 amide bonds. The van der Waals surface area contributed by atoms with E-state index in [4.69, 9.17) is 0 Å². The SMILES string of the molecule is CC(=O)c1ccc(N2CCC(C)CC2C)c(Br)c1. The number of rotatable bonds is 2. The minimum atomic E-state index is 0.113. The first kappa shape index (κ1) is 13.6. The van der Waals surface area contributed by atoms with Gasteiger partial charge in [0.15, 0.2) is 5.78 Å². The van der Waals surface area contributed by atoms with E-state index in [1.165, 1.54) is 18.5 Å². The number of nitrogens with zero attached hydrogens (tertiary/aromatic N) is 1. The van der Waals surface area contributed by atoms with Crippen molar-refractivity contribution in [1.29, 1.82) is 0 Å². The summed E-state index contributed by atoms with van der Waals surface area (Å²) in [4.78, 5) is 13.8. The zero-order valence-corrected chi connectivity index (χ0v) is 12.8. The fourth-order valence-corrected chi connectivity index (χ4v) is 3.33. The third-order valence-corrected chi connectivity index (χ3v) is 4.44. The molecule has 0 aromatic heterocycles. The normalized spacial score (nSPS) is 24.1. The Bertz CT molecular complexity index is 458. The van der Waals surface area contributed by atoms with Gasteiger partial charge < -0.3 is 4.90 Å². The van der Waals surface area contributed by atoms with Crippen LogP contribution in [0.1, 0.15) is 44.0 Å². The summed E-state index contributed by atoms with van der Waals surface area (Å²) in [5.74, 6) is 0.925.